The number of carboxylic acid groups (broad SMARTS) is 1. The highest BCUT2D eigenvalue weighted by molar-refractivity contribution is 9.10. The minimum absolute atomic E-state index is 0.0113. The van der Waals surface area contributed by atoms with Gasteiger partial charge in [0.1, 0.15) is 13.2 Å². The Morgan fingerprint density at radius 2 is 1.84 bits per heavy atom. The van der Waals surface area contributed by atoms with Crippen LogP contribution in [0.2, 0.25) is 0 Å². The van der Waals surface area contributed by atoms with Crippen molar-refractivity contribution in [3.8, 4) is 0 Å². The van der Waals surface area contributed by atoms with E-state index in [-0.39, 0.29) is 24.7 Å². The number of hydrogen-bond acceptors (Lipinski definition) is 5. The molecule has 1 aliphatic heterocycles. The lowest BCUT2D eigenvalue weighted by atomic mass is 9.75. The summed E-state index contributed by atoms with van der Waals surface area (Å²) in [5, 5.41) is 9.23. The fraction of sp³-hybridized carbons (Fsp3) is 0.458. The lowest BCUT2D eigenvalue weighted by molar-refractivity contribution is -0.151. The molecule has 0 radical (unpaired) electrons. The van der Waals surface area contributed by atoms with Gasteiger partial charge in [0.25, 0.3) is 0 Å². The number of pyridine rings is 1. The van der Waals surface area contributed by atoms with E-state index in [0.29, 0.717) is 13.1 Å². The van der Waals surface area contributed by atoms with Crippen LogP contribution in [0.15, 0.2) is 53.3 Å². The molecule has 1 N–H and O–H groups in total. The highest BCUT2D eigenvalue weighted by atomic mass is 79.9. The number of carbonyl (C=O) groups is 2. The van der Waals surface area contributed by atoms with E-state index in [4.69, 9.17) is 9.47 Å². The Bertz CT molecular complexity index is 962. The first-order valence-electron chi connectivity index (χ1n) is 10.8. The molecule has 1 amide bonds. The van der Waals surface area contributed by atoms with Crippen LogP contribution in [0.25, 0.3) is 0 Å². The molecule has 8 heteroatoms. The molecule has 1 saturated carbocycles. The van der Waals surface area contributed by atoms with Gasteiger partial charge in [-0.15, -0.1) is 0 Å². The van der Waals surface area contributed by atoms with Gasteiger partial charge in [0.2, 0.25) is 0 Å². The van der Waals surface area contributed by atoms with Crippen LogP contribution in [0.4, 0.5) is 4.79 Å². The standard InChI is InChI=1S/C24H27BrN2O5/c25-20-14-26-11-6-19(20)24(32-16-21(28)29)8-7-23(17-24)9-12-27(13-10-23)22(30)31-15-18-4-2-1-3-5-18/h1-6,11,14H,7-10,12-13,15-17H2,(H,28,29). The van der Waals surface area contributed by atoms with Crippen molar-refractivity contribution in [3.63, 3.8) is 0 Å². The molecule has 1 spiro atoms. The molecule has 1 unspecified atom stereocenters. The van der Waals surface area contributed by atoms with Gasteiger partial charge in [0.15, 0.2) is 0 Å². The number of likely N-dealkylation sites (tertiary alicyclic amines) is 1. The average Bonchev–Trinajstić information content (AvgIpc) is 3.16. The average molecular weight is 503 g/mol. The quantitative estimate of drug-likeness (QED) is 0.613. The Morgan fingerprint density at radius 1 is 1.09 bits per heavy atom. The van der Waals surface area contributed by atoms with Crippen molar-refractivity contribution in [1.29, 1.82) is 0 Å². The monoisotopic (exact) mass is 502 g/mol. The number of halogens is 1. The Balaban J connectivity index is 1.40. The second-order valence-corrected chi connectivity index (χ2v) is 9.59. The van der Waals surface area contributed by atoms with Crippen molar-refractivity contribution in [2.45, 2.75) is 44.3 Å². The van der Waals surface area contributed by atoms with Crippen LogP contribution in [0.1, 0.15) is 43.2 Å². The zero-order chi connectivity index (χ0) is 22.6. The Hall–Kier alpha value is -2.45. The van der Waals surface area contributed by atoms with Gasteiger partial charge in [-0.05, 0) is 65.1 Å². The zero-order valence-electron chi connectivity index (χ0n) is 17.8. The molecule has 1 saturated heterocycles. The third-order valence-electron chi connectivity index (χ3n) is 6.74. The van der Waals surface area contributed by atoms with E-state index >= 15 is 0 Å². The van der Waals surface area contributed by atoms with Gasteiger partial charge in [0.05, 0.1) is 5.60 Å². The smallest absolute Gasteiger partial charge is 0.410 e. The maximum Gasteiger partial charge on any atom is 0.410 e. The molecule has 1 aromatic carbocycles. The first kappa shape index (κ1) is 22.7. The number of rotatable bonds is 6. The minimum Gasteiger partial charge on any atom is -0.480 e. The third-order valence-corrected chi connectivity index (χ3v) is 7.37. The summed E-state index contributed by atoms with van der Waals surface area (Å²) in [6, 6.07) is 11.6. The summed E-state index contributed by atoms with van der Waals surface area (Å²) in [5.41, 5.74) is 1.25. The van der Waals surface area contributed by atoms with Crippen LogP contribution in [0, 0.1) is 5.41 Å². The van der Waals surface area contributed by atoms with E-state index < -0.39 is 11.6 Å². The number of piperidine rings is 1. The summed E-state index contributed by atoms with van der Waals surface area (Å²) in [6.45, 7) is 1.17. The second-order valence-electron chi connectivity index (χ2n) is 8.74. The lowest BCUT2D eigenvalue weighted by Gasteiger charge is -2.40. The highest BCUT2D eigenvalue weighted by Crippen LogP contribution is 2.57. The number of ether oxygens (including phenoxy) is 2. The van der Waals surface area contributed by atoms with Gasteiger partial charge in [-0.3, -0.25) is 4.98 Å². The minimum atomic E-state index is -0.980. The van der Waals surface area contributed by atoms with Gasteiger partial charge >= 0.3 is 12.1 Å². The summed E-state index contributed by atoms with van der Waals surface area (Å²) >= 11 is 3.57. The molecule has 1 aliphatic carbocycles. The summed E-state index contributed by atoms with van der Waals surface area (Å²) < 4.78 is 12.4. The number of hydrogen-bond donors (Lipinski definition) is 1. The molecule has 4 rings (SSSR count). The third kappa shape index (κ3) is 4.96. The lowest BCUT2D eigenvalue weighted by Crippen LogP contribution is -2.43. The molecule has 170 valence electrons. The van der Waals surface area contributed by atoms with E-state index in [9.17, 15) is 14.7 Å². The van der Waals surface area contributed by atoms with Gasteiger partial charge in [-0.2, -0.15) is 0 Å². The molecule has 32 heavy (non-hydrogen) atoms. The molecule has 2 aromatic rings. The number of amides is 1. The number of nitrogens with zero attached hydrogens (tertiary/aromatic N) is 2. The number of aliphatic carboxylic acids is 1. The van der Waals surface area contributed by atoms with E-state index in [0.717, 1.165) is 47.7 Å². The molecule has 2 heterocycles. The van der Waals surface area contributed by atoms with Crippen LogP contribution >= 0.6 is 15.9 Å². The van der Waals surface area contributed by atoms with Crippen LogP contribution in [0.3, 0.4) is 0 Å². The number of aromatic nitrogens is 1. The fourth-order valence-electron chi connectivity index (χ4n) is 5.03. The number of carboxylic acids is 1. The van der Waals surface area contributed by atoms with Gasteiger partial charge in [-0.1, -0.05) is 30.3 Å². The van der Waals surface area contributed by atoms with E-state index in [1.165, 1.54) is 0 Å². The van der Waals surface area contributed by atoms with Gasteiger partial charge in [0, 0.05) is 35.5 Å². The summed E-state index contributed by atoms with van der Waals surface area (Å²) in [7, 11) is 0. The van der Waals surface area contributed by atoms with Crippen molar-refractivity contribution in [2.24, 2.45) is 5.41 Å². The highest BCUT2D eigenvalue weighted by Gasteiger charge is 2.52. The largest absolute Gasteiger partial charge is 0.480 e. The topological polar surface area (TPSA) is 89.0 Å². The molecule has 1 aromatic heterocycles. The predicted molar refractivity (Wildman–Crippen MR) is 121 cm³/mol. The first-order chi connectivity index (χ1) is 15.4. The fourth-order valence-corrected chi connectivity index (χ4v) is 5.64. The molecule has 0 bridgehead atoms. The predicted octanol–water partition coefficient (Wildman–Crippen LogP) is 4.74. The van der Waals surface area contributed by atoms with Crippen LogP contribution in [0.5, 0.6) is 0 Å². The Kier molecular flexibility index (Phi) is 6.81. The van der Waals surface area contributed by atoms with Crippen LogP contribution < -0.4 is 0 Å². The molecule has 2 aliphatic rings. The van der Waals surface area contributed by atoms with Crippen molar-refractivity contribution in [3.05, 3.63) is 64.4 Å². The summed E-state index contributed by atoms with van der Waals surface area (Å²) in [5.74, 6) is -0.980. The van der Waals surface area contributed by atoms with Crippen molar-refractivity contribution >= 4 is 28.0 Å². The molecule has 1 atom stereocenters. The Labute approximate surface area is 195 Å². The van der Waals surface area contributed by atoms with Gasteiger partial charge < -0.3 is 19.5 Å². The first-order valence-corrected chi connectivity index (χ1v) is 11.6. The molecule has 2 fully saturated rings. The van der Waals surface area contributed by atoms with Crippen LogP contribution in [-0.4, -0.2) is 46.7 Å². The van der Waals surface area contributed by atoms with Crippen molar-refractivity contribution < 1.29 is 24.2 Å². The zero-order valence-corrected chi connectivity index (χ0v) is 19.4. The van der Waals surface area contributed by atoms with Crippen molar-refractivity contribution in [1.82, 2.24) is 9.88 Å². The van der Waals surface area contributed by atoms with E-state index in [2.05, 4.69) is 20.9 Å². The SMILES string of the molecule is O=C(O)COC1(c2ccncc2Br)CCC2(CCN(C(=O)OCc3ccccc3)CC2)C1. The maximum absolute atomic E-state index is 12.5. The summed E-state index contributed by atoms with van der Waals surface area (Å²) in [6.07, 6.45) is 7.22. The van der Waals surface area contributed by atoms with Crippen molar-refractivity contribution in [2.75, 3.05) is 19.7 Å². The molecule has 7 nitrogen and oxygen atoms in total. The summed E-state index contributed by atoms with van der Waals surface area (Å²) in [4.78, 5) is 29.7. The number of carbonyl (C=O) groups excluding carboxylic acids is 1. The number of benzene rings is 1. The second kappa shape index (κ2) is 9.58. The maximum atomic E-state index is 12.5. The molecular formula is C24H27BrN2O5. The van der Waals surface area contributed by atoms with Gasteiger partial charge in [-0.25, -0.2) is 9.59 Å². The van der Waals surface area contributed by atoms with E-state index in [1.54, 1.807) is 17.3 Å². The van der Waals surface area contributed by atoms with Crippen LogP contribution in [-0.2, 0) is 26.5 Å². The van der Waals surface area contributed by atoms with E-state index in [1.807, 2.05) is 36.4 Å². The Morgan fingerprint density at radius 3 is 2.53 bits per heavy atom. The molecular weight excluding hydrogens is 476 g/mol. The normalized spacial score (nSPS) is 22.1.